The number of aromatic amines is 1. The monoisotopic (exact) mass is 517 g/mol. The number of H-pyrrole nitrogens is 1. The minimum atomic E-state index is -0.392. The van der Waals surface area contributed by atoms with Crippen molar-refractivity contribution in [2.75, 3.05) is 31.6 Å². The first-order valence-electron chi connectivity index (χ1n) is 14.5. The number of anilines is 1. The third-order valence-electron chi connectivity index (χ3n) is 11.3. The topological polar surface area (TPSA) is 51.3 Å². The van der Waals surface area contributed by atoms with Crippen molar-refractivity contribution in [3.63, 3.8) is 0 Å². The quantitative estimate of drug-likeness (QED) is 0.378. The van der Waals surface area contributed by atoms with Gasteiger partial charge < -0.3 is 15.4 Å². The maximum Gasteiger partial charge on any atom is 0.129 e. The van der Waals surface area contributed by atoms with E-state index in [1.165, 1.54) is 16.6 Å². The van der Waals surface area contributed by atoms with Crippen LogP contribution in [0.1, 0.15) is 67.3 Å². The van der Waals surface area contributed by atoms with Crippen LogP contribution < -0.4 is 5.32 Å². The highest BCUT2D eigenvalue weighted by molar-refractivity contribution is 5.85. The standard InChI is InChI=1S/C32H37F2N3O/c1-17-10-22-21-6-3-4-7-25(21)36-29(22)27-26-23(30-31(18(2)38)15-32(30,16-31)28(17)27)11-19(12-24(26)34)35-20-13-37(14-20)9-5-8-33/h3-4,6-7,11-12,17-18,20,27-28,30,35-36,38H,5,8-10,13-16H2,1-2H3/t17?,18-,27?,28?,30?,31?,32?/m1/s1. The lowest BCUT2D eigenvalue weighted by Gasteiger charge is -2.83. The van der Waals surface area contributed by atoms with Crippen molar-refractivity contribution in [2.45, 2.75) is 63.5 Å². The molecule has 0 amide bonds. The van der Waals surface area contributed by atoms with Crippen molar-refractivity contribution in [3.05, 3.63) is 64.6 Å². The maximum absolute atomic E-state index is 16.4. The number of likely N-dealkylation sites (tertiary alicyclic amines) is 1. The fourth-order valence-corrected chi connectivity index (χ4v) is 10.0. The van der Waals surface area contributed by atoms with E-state index in [0.717, 1.165) is 61.2 Å². The Kier molecular flexibility index (Phi) is 4.82. The number of aliphatic hydroxyl groups is 1. The second-order valence-corrected chi connectivity index (χ2v) is 13.3. The number of hydrogen-bond acceptors (Lipinski definition) is 3. The summed E-state index contributed by atoms with van der Waals surface area (Å²) in [6, 6.07) is 12.7. The molecule has 2 bridgehead atoms. The molecule has 2 aromatic carbocycles. The predicted octanol–water partition coefficient (Wildman–Crippen LogP) is 5.96. The Morgan fingerprint density at radius 1 is 1.21 bits per heavy atom. The van der Waals surface area contributed by atoms with Crippen molar-refractivity contribution in [1.82, 2.24) is 9.88 Å². The van der Waals surface area contributed by atoms with E-state index in [1.807, 2.05) is 6.92 Å². The average Bonchev–Trinajstić information content (AvgIpc) is 3.17. The van der Waals surface area contributed by atoms with Crippen molar-refractivity contribution < 1.29 is 13.9 Å². The van der Waals surface area contributed by atoms with Gasteiger partial charge in [0.05, 0.1) is 18.8 Å². The molecule has 4 nitrogen and oxygen atoms in total. The van der Waals surface area contributed by atoms with Crippen LogP contribution in [-0.2, 0) is 6.42 Å². The van der Waals surface area contributed by atoms with Gasteiger partial charge in [-0.25, -0.2) is 4.39 Å². The summed E-state index contributed by atoms with van der Waals surface area (Å²) in [6.07, 6.45) is 3.30. The summed E-state index contributed by atoms with van der Waals surface area (Å²) >= 11 is 0. The Morgan fingerprint density at radius 3 is 2.76 bits per heavy atom. The zero-order chi connectivity index (χ0) is 26.0. The molecule has 38 heavy (non-hydrogen) atoms. The molecule has 1 saturated heterocycles. The van der Waals surface area contributed by atoms with Gasteiger partial charge in [-0.2, -0.15) is 0 Å². The van der Waals surface area contributed by atoms with Gasteiger partial charge in [0, 0.05) is 58.8 Å². The molecule has 9 rings (SSSR count). The van der Waals surface area contributed by atoms with Gasteiger partial charge in [-0.15, -0.1) is 0 Å². The third-order valence-corrected chi connectivity index (χ3v) is 11.3. The van der Waals surface area contributed by atoms with Gasteiger partial charge in [0.25, 0.3) is 0 Å². The Labute approximate surface area is 222 Å². The smallest absolute Gasteiger partial charge is 0.129 e. The van der Waals surface area contributed by atoms with Crippen LogP contribution in [0.25, 0.3) is 10.9 Å². The first-order valence-corrected chi connectivity index (χ1v) is 14.5. The lowest BCUT2D eigenvalue weighted by molar-refractivity contribution is -0.315. The van der Waals surface area contributed by atoms with E-state index in [0.29, 0.717) is 18.3 Å². The SMILES string of the molecule is CC1Cc2c([nH]c3ccccc23)C2c3c(F)cc(NC4CN(CCCF)C4)cc3C3C4(CC3([C@@H](C)O)C4)C12. The number of aromatic nitrogens is 1. The number of hydrogen-bond donors (Lipinski definition) is 3. The fraction of sp³-hybridized carbons (Fsp3) is 0.562. The summed E-state index contributed by atoms with van der Waals surface area (Å²) in [6.45, 7) is 6.54. The largest absolute Gasteiger partial charge is 0.393 e. The predicted molar refractivity (Wildman–Crippen MR) is 146 cm³/mol. The molecule has 6 heteroatoms. The lowest BCUT2D eigenvalue weighted by Crippen LogP contribution is -2.77. The van der Waals surface area contributed by atoms with E-state index in [-0.39, 0.29) is 41.2 Å². The van der Waals surface area contributed by atoms with Gasteiger partial charge >= 0.3 is 0 Å². The van der Waals surface area contributed by atoms with Crippen LogP contribution >= 0.6 is 0 Å². The maximum atomic E-state index is 16.4. The molecule has 3 saturated carbocycles. The lowest BCUT2D eigenvalue weighted by atomic mass is 9.20. The molecule has 3 aromatic rings. The van der Waals surface area contributed by atoms with Crippen LogP contribution in [0.5, 0.6) is 0 Å². The summed E-state index contributed by atoms with van der Waals surface area (Å²) < 4.78 is 29.0. The molecule has 1 spiro atoms. The number of halogens is 2. The molecule has 5 atom stereocenters. The second kappa shape index (κ2) is 7.82. The summed E-state index contributed by atoms with van der Waals surface area (Å²) in [5.74, 6) is 0.962. The number of benzene rings is 2. The Morgan fingerprint density at radius 2 is 2.00 bits per heavy atom. The number of fused-ring (bicyclic) bond motifs is 7. The van der Waals surface area contributed by atoms with Crippen molar-refractivity contribution in [1.29, 1.82) is 0 Å². The summed E-state index contributed by atoms with van der Waals surface area (Å²) in [4.78, 5) is 6.00. The van der Waals surface area contributed by atoms with E-state index in [2.05, 4.69) is 52.5 Å². The highest BCUT2D eigenvalue weighted by atomic mass is 19.1. The average molecular weight is 518 g/mol. The zero-order valence-corrected chi connectivity index (χ0v) is 22.2. The normalized spacial score (nSPS) is 35.7. The number of aliphatic hydroxyl groups excluding tert-OH is 1. The van der Waals surface area contributed by atoms with E-state index >= 15 is 4.39 Å². The first-order chi connectivity index (χ1) is 18.4. The summed E-state index contributed by atoms with van der Waals surface area (Å²) in [5, 5.41) is 15.8. The molecule has 4 unspecified atom stereocenters. The Bertz CT molecular complexity index is 1430. The van der Waals surface area contributed by atoms with Crippen LogP contribution in [-0.4, -0.2) is 53.4 Å². The number of alkyl halides is 1. The minimum absolute atomic E-state index is 0.0219. The third kappa shape index (κ3) is 2.81. The highest BCUT2D eigenvalue weighted by Crippen LogP contribution is 2.89. The van der Waals surface area contributed by atoms with E-state index in [1.54, 1.807) is 6.07 Å². The number of nitrogens with one attached hydrogen (secondary N) is 2. The van der Waals surface area contributed by atoms with Crippen molar-refractivity contribution >= 4 is 16.6 Å². The molecule has 5 aliphatic carbocycles. The van der Waals surface area contributed by atoms with Crippen LogP contribution in [0.15, 0.2) is 36.4 Å². The van der Waals surface area contributed by atoms with Crippen LogP contribution in [0, 0.1) is 28.5 Å². The molecule has 3 N–H and O–H groups in total. The first kappa shape index (κ1) is 23.4. The van der Waals surface area contributed by atoms with Gasteiger partial charge in [-0.1, -0.05) is 25.1 Å². The van der Waals surface area contributed by atoms with E-state index < -0.39 is 6.10 Å². The number of nitrogens with zero attached hydrogens (tertiary/aromatic N) is 1. The molecule has 6 aliphatic rings. The van der Waals surface area contributed by atoms with Crippen LogP contribution in [0.3, 0.4) is 0 Å². The Hall–Kier alpha value is -2.44. The number of rotatable bonds is 6. The molecule has 1 aliphatic heterocycles. The molecule has 4 fully saturated rings. The molecule has 0 radical (unpaired) electrons. The molecular formula is C32H37F2N3O. The summed E-state index contributed by atoms with van der Waals surface area (Å²) in [5.41, 5.74) is 6.58. The van der Waals surface area contributed by atoms with Gasteiger partial charge in [0.15, 0.2) is 0 Å². The van der Waals surface area contributed by atoms with E-state index in [9.17, 15) is 9.50 Å². The fourth-order valence-electron chi connectivity index (χ4n) is 10.0. The van der Waals surface area contributed by atoms with Crippen molar-refractivity contribution in [3.8, 4) is 0 Å². The van der Waals surface area contributed by atoms with Crippen LogP contribution in [0.4, 0.5) is 14.5 Å². The van der Waals surface area contributed by atoms with Gasteiger partial charge in [-0.05, 0) is 85.1 Å². The van der Waals surface area contributed by atoms with Gasteiger partial charge in [0.1, 0.15) is 5.82 Å². The molecule has 2 heterocycles. The minimum Gasteiger partial charge on any atom is -0.393 e. The molecule has 1 aromatic heterocycles. The van der Waals surface area contributed by atoms with Crippen molar-refractivity contribution in [2.24, 2.45) is 22.7 Å². The van der Waals surface area contributed by atoms with E-state index in [4.69, 9.17) is 0 Å². The Balaban J connectivity index is 1.23. The zero-order valence-electron chi connectivity index (χ0n) is 22.2. The van der Waals surface area contributed by atoms with Crippen LogP contribution in [0.2, 0.25) is 0 Å². The molecular weight excluding hydrogens is 480 g/mol. The van der Waals surface area contributed by atoms with Gasteiger partial charge in [0.2, 0.25) is 0 Å². The highest BCUT2D eigenvalue weighted by Gasteiger charge is 2.82. The summed E-state index contributed by atoms with van der Waals surface area (Å²) in [7, 11) is 0. The second-order valence-electron chi connectivity index (χ2n) is 13.3. The number of para-hydroxylation sites is 1. The molecule has 200 valence electrons. The van der Waals surface area contributed by atoms with Gasteiger partial charge in [-0.3, -0.25) is 9.29 Å².